The van der Waals surface area contributed by atoms with Gasteiger partial charge < -0.3 is 45.4 Å². The van der Waals surface area contributed by atoms with Crippen molar-refractivity contribution >= 4 is 30.2 Å². The zero-order chi connectivity index (χ0) is 55.7. The minimum absolute atomic E-state index is 0.00760. The van der Waals surface area contributed by atoms with E-state index in [1.807, 2.05) is 0 Å². The van der Waals surface area contributed by atoms with Gasteiger partial charge in [-0.1, -0.05) is 55.7 Å². The van der Waals surface area contributed by atoms with E-state index in [9.17, 15) is 34.2 Å². The van der Waals surface area contributed by atoms with Gasteiger partial charge in [0.05, 0.1) is 17.6 Å². The highest BCUT2D eigenvalue weighted by atomic mass is 16.6. The Balaban J connectivity index is 0.000000133. The van der Waals surface area contributed by atoms with Crippen LogP contribution >= 0.6 is 0 Å². The van der Waals surface area contributed by atoms with E-state index >= 15 is 0 Å². The predicted octanol–water partition coefficient (Wildman–Crippen LogP) is 10.4. The Morgan fingerprint density at radius 3 is 1.40 bits per heavy atom. The van der Waals surface area contributed by atoms with Crippen LogP contribution in [0.2, 0.25) is 0 Å². The van der Waals surface area contributed by atoms with E-state index < -0.39 is 0 Å². The minimum Gasteiger partial charge on any atom is -0.462 e. The Bertz CT molecular complexity index is 2400. The third kappa shape index (κ3) is 9.73. The molecule has 12 aliphatic carbocycles. The van der Waals surface area contributed by atoms with E-state index in [1.165, 1.54) is 63.5 Å². The monoisotopic (exact) mass is 1080 g/mol. The van der Waals surface area contributed by atoms with Crippen LogP contribution in [0.4, 0.5) is 0 Å². The molecule has 0 aromatic carbocycles. The number of ether oxygens (including phenoxy) is 4. The molecule has 0 radical (unpaired) electrons. The molecule has 0 heterocycles. The predicted molar refractivity (Wildman–Crippen MR) is 296 cm³/mol. The van der Waals surface area contributed by atoms with Gasteiger partial charge in [-0.25, -0.2) is 0 Å². The van der Waals surface area contributed by atoms with Crippen LogP contribution in [-0.4, -0.2) is 90.1 Å². The lowest BCUT2D eigenvalue weighted by Gasteiger charge is -2.58. The summed E-state index contributed by atoms with van der Waals surface area (Å²) in [6.07, 6.45) is 32.0. The topological polar surface area (TPSA) is 215 Å². The minimum atomic E-state index is -0.388. The summed E-state index contributed by atoms with van der Waals surface area (Å²) in [5, 5.41) is 20.6. The van der Waals surface area contributed by atoms with Crippen LogP contribution in [-0.2, 0) is 42.9 Å². The van der Waals surface area contributed by atoms with E-state index in [0.29, 0.717) is 66.2 Å². The Kier molecular flexibility index (Phi) is 16.4. The van der Waals surface area contributed by atoms with Gasteiger partial charge in [-0.2, -0.15) is 0 Å². The number of carbonyl (C=O) groups is 5. The third-order valence-corrected chi connectivity index (χ3v) is 25.2. The molecule has 21 atom stereocenters. The van der Waals surface area contributed by atoms with Gasteiger partial charge in [0.2, 0.25) is 0 Å². The molecule has 12 aliphatic rings. The van der Waals surface area contributed by atoms with Gasteiger partial charge in [0.1, 0.15) is 30.7 Å². The summed E-state index contributed by atoms with van der Waals surface area (Å²) in [7, 11) is 0. The molecular formula is C65H98N2O11. The highest BCUT2D eigenvalue weighted by Crippen LogP contribution is 2.68. The molecule has 0 saturated heterocycles. The van der Waals surface area contributed by atoms with Gasteiger partial charge in [-0.3, -0.25) is 19.2 Å². The zero-order valence-corrected chi connectivity index (χ0v) is 48.6. The zero-order valence-electron chi connectivity index (χ0n) is 48.6. The average Bonchev–Trinajstić information content (AvgIpc) is 4.03. The van der Waals surface area contributed by atoms with Gasteiger partial charge in [0.25, 0.3) is 0 Å². The number of aliphatic hydroxyl groups is 2. The molecule has 12 rings (SSSR count). The lowest BCUT2D eigenvalue weighted by atomic mass is 9.47. The first-order chi connectivity index (χ1) is 37.1. The number of hydrogen-bond acceptors (Lipinski definition) is 13. The van der Waals surface area contributed by atoms with Crippen molar-refractivity contribution < 1.29 is 53.1 Å². The van der Waals surface area contributed by atoms with Crippen molar-refractivity contribution in [2.75, 3.05) is 13.1 Å². The fourth-order valence-electron chi connectivity index (χ4n) is 21.5. The molecule has 434 valence electrons. The summed E-state index contributed by atoms with van der Waals surface area (Å²) in [5.41, 5.74) is 17.0. The second-order valence-corrected chi connectivity index (χ2v) is 28.3. The summed E-state index contributed by atoms with van der Waals surface area (Å²) in [6, 6.07) is 0. The Morgan fingerprint density at radius 1 is 0.487 bits per heavy atom. The number of fused-ring (bicyclic) bond motifs is 15. The number of esters is 4. The molecule has 9 unspecified atom stereocenters. The van der Waals surface area contributed by atoms with E-state index in [2.05, 4.69) is 39.0 Å². The molecule has 6 N–H and O–H groups in total. The van der Waals surface area contributed by atoms with Gasteiger partial charge in [0, 0.05) is 75.3 Å². The Morgan fingerprint density at radius 2 is 0.897 bits per heavy atom. The first kappa shape index (κ1) is 57.8. The van der Waals surface area contributed by atoms with Gasteiger partial charge in [-0.15, -0.1) is 0 Å². The quantitative estimate of drug-likeness (QED) is 0.0809. The van der Waals surface area contributed by atoms with Crippen molar-refractivity contribution in [3.63, 3.8) is 0 Å². The molecule has 78 heavy (non-hydrogen) atoms. The smallest absolute Gasteiger partial charge is 0.302 e. The van der Waals surface area contributed by atoms with Crippen LogP contribution in [0.3, 0.4) is 0 Å². The fourth-order valence-corrected chi connectivity index (χ4v) is 21.5. The molecule has 9 fully saturated rings. The molecule has 13 heteroatoms. The van der Waals surface area contributed by atoms with Crippen LogP contribution in [0.15, 0.2) is 34.9 Å². The fraction of sp³-hybridized carbons (Fsp3) is 0.831. The van der Waals surface area contributed by atoms with Crippen molar-refractivity contribution in [1.82, 2.24) is 0 Å². The largest absolute Gasteiger partial charge is 0.462 e. The maximum absolute atomic E-state index is 12.5. The first-order valence-electron chi connectivity index (χ1n) is 31.1. The highest BCUT2D eigenvalue weighted by molar-refractivity contribution is 5.69. The van der Waals surface area contributed by atoms with Crippen molar-refractivity contribution in [1.29, 1.82) is 0 Å². The lowest BCUT2D eigenvalue weighted by Crippen LogP contribution is -2.55. The molecule has 13 nitrogen and oxygen atoms in total. The molecule has 0 aliphatic heterocycles. The second-order valence-electron chi connectivity index (χ2n) is 28.3. The van der Waals surface area contributed by atoms with Crippen LogP contribution < -0.4 is 11.5 Å². The number of aldehydes is 1. The van der Waals surface area contributed by atoms with Gasteiger partial charge in [0.15, 0.2) is 0 Å². The number of aliphatic hydroxyl groups excluding tert-OH is 2. The number of allylic oxidation sites excluding steroid dienone is 3. The molecule has 0 amide bonds. The van der Waals surface area contributed by atoms with E-state index in [0.717, 1.165) is 141 Å². The summed E-state index contributed by atoms with van der Waals surface area (Å²) < 4.78 is 22.4. The maximum atomic E-state index is 12.5. The number of hydrogen-bond donors (Lipinski definition) is 4. The van der Waals surface area contributed by atoms with Crippen LogP contribution in [0.1, 0.15) is 203 Å². The average molecular weight is 1080 g/mol. The van der Waals surface area contributed by atoms with E-state index in [1.54, 1.807) is 0 Å². The highest BCUT2D eigenvalue weighted by Gasteiger charge is 2.64. The molecular weight excluding hydrogens is 985 g/mol. The lowest BCUT2D eigenvalue weighted by molar-refractivity contribution is -0.158. The van der Waals surface area contributed by atoms with Crippen LogP contribution in [0, 0.1) is 85.8 Å². The van der Waals surface area contributed by atoms with Crippen LogP contribution in [0.5, 0.6) is 0 Å². The molecule has 0 bridgehead atoms. The van der Waals surface area contributed by atoms with Gasteiger partial charge in [-0.05, 0) is 200 Å². The standard InChI is InChI=1S/C23H35NO4.C23H32O5.C19H31NO2/c2*1-14(25)27-17-8-11-23(13-24)16(12-17)4-5-18-19-6-7-21(28-15(2)26)22(19,3)10-9-20(18)23;1-18-8-7-16-14(15(18)4-5-17(18)22)3-2-12-10-13(21)6-9-19(12,16)11-20/h4,17-21H,5-13,24H2,1-3H3;4,13,17-21H,5-12H2,1-3H3;2,13-17,21-22H,3-11,20H2,1H3/t2*17-,18?,19?,20?,21-,22-,23+;13-,14?,15?,16?,17-,18-,19+/m000/s1. The summed E-state index contributed by atoms with van der Waals surface area (Å²) in [4.78, 5) is 58.4. The SMILES string of the molecule is CC(=O)O[C@H]1CC[C@@]2(C=O)C(=CCC3C2CC[C@@]2(C)C3CC[C@@H]2OC(C)=O)C1.CC(=O)O[C@H]1CC[C@@]2(CN)C(=CCC3C2CC[C@@]2(C)C3CC[C@@H]2OC(C)=O)C1.C[C@]12CCC3C(CC=C4C[C@@H](O)CC[C@@]43CN)C1CC[C@@H]2O. The van der Waals surface area contributed by atoms with E-state index in [-0.39, 0.29) is 93.0 Å². The summed E-state index contributed by atoms with van der Waals surface area (Å²) in [6.45, 7) is 14.4. The van der Waals surface area contributed by atoms with Crippen molar-refractivity contribution in [3.8, 4) is 0 Å². The molecule has 0 spiro atoms. The number of rotatable bonds is 7. The van der Waals surface area contributed by atoms with Crippen LogP contribution in [0.25, 0.3) is 0 Å². The van der Waals surface area contributed by atoms with Crippen molar-refractivity contribution in [2.45, 2.75) is 239 Å². The summed E-state index contributed by atoms with van der Waals surface area (Å²) >= 11 is 0. The molecule has 9 saturated carbocycles. The van der Waals surface area contributed by atoms with Crippen molar-refractivity contribution in [2.24, 2.45) is 97.2 Å². The molecule has 0 aromatic rings. The Hall–Kier alpha value is -3.39. The third-order valence-electron chi connectivity index (χ3n) is 25.2. The second kappa shape index (κ2) is 22.1. The molecule has 0 aromatic heterocycles. The number of nitrogens with two attached hydrogens (primary N) is 2. The number of carbonyl (C=O) groups excluding carboxylic acids is 5. The maximum Gasteiger partial charge on any atom is 0.302 e. The van der Waals surface area contributed by atoms with Crippen molar-refractivity contribution in [3.05, 3.63) is 34.9 Å². The normalized spacial score (nSPS) is 47.2. The Labute approximate surface area is 465 Å². The first-order valence-corrected chi connectivity index (χ1v) is 31.1. The van der Waals surface area contributed by atoms with Gasteiger partial charge >= 0.3 is 23.9 Å². The summed E-state index contributed by atoms with van der Waals surface area (Å²) in [5.74, 6) is 4.41. The van der Waals surface area contributed by atoms with E-state index in [4.69, 9.17) is 30.4 Å².